The fourth-order valence-electron chi connectivity index (χ4n) is 1.56. The lowest BCUT2D eigenvalue weighted by atomic mass is 10.1. The van der Waals surface area contributed by atoms with E-state index in [1.165, 1.54) is 0 Å². The molecule has 20 heavy (non-hydrogen) atoms. The molecule has 0 saturated carbocycles. The van der Waals surface area contributed by atoms with Crippen LogP contribution < -0.4 is 10.6 Å². The van der Waals surface area contributed by atoms with Gasteiger partial charge in [0.1, 0.15) is 0 Å². The van der Waals surface area contributed by atoms with Crippen molar-refractivity contribution in [1.29, 1.82) is 0 Å². The number of hydrogen-bond donors (Lipinski definition) is 2. The van der Waals surface area contributed by atoms with E-state index in [1.807, 2.05) is 13.8 Å². The van der Waals surface area contributed by atoms with Crippen LogP contribution in [0.3, 0.4) is 0 Å². The van der Waals surface area contributed by atoms with Crippen LogP contribution in [0.25, 0.3) is 0 Å². The highest BCUT2D eigenvalue weighted by molar-refractivity contribution is 6.19. The molecule has 0 spiro atoms. The molecule has 1 atom stereocenters. The van der Waals surface area contributed by atoms with Crippen LogP contribution >= 0.6 is 11.6 Å². The highest BCUT2D eigenvalue weighted by Crippen LogP contribution is 2.15. The SMILES string of the molecule is CC(C)CC(=O)Nc1ccc(NC(=O)C(C)CCl)cc1. The Morgan fingerprint density at radius 2 is 1.55 bits per heavy atom. The Labute approximate surface area is 124 Å². The number of hydrogen-bond acceptors (Lipinski definition) is 2. The fraction of sp³-hybridized carbons (Fsp3) is 0.467. The van der Waals surface area contributed by atoms with Gasteiger partial charge in [-0.2, -0.15) is 0 Å². The number of alkyl halides is 1. The number of amides is 2. The van der Waals surface area contributed by atoms with E-state index in [4.69, 9.17) is 11.6 Å². The molecule has 0 aromatic heterocycles. The Bertz CT molecular complexity index is 457. The number of rotatable bonds is 6. The molecule has 0 heterocycles. The van der Waals surface area contributed by atoms with Gasteiger partial charge in [-0.25, -0.2) is 0 Å². The predicted octanol–water partition coefficient (Wildman–Crippen LogP) is 3.48. The lowest BCUT2D eigenvalue weighted by Gasteiger charge is -2.11. The van der Waals surface area contributed by atoms with Gasteiger partial charge in [-0.15, -0.1) is 11.6 Å². The topological polar surface area (TPSA) is 58.2 Å². The Hall–Kier alpha value is -1.55. The van der Waals surface area contributed by atoms with Crippen LogP contribution in [0.2, 0.25) is 0 Å². The molecule has 0 aliphatic rings. The van der Waals surface area contributed by atoms with E-state index < -0.39 is 0 Å². The van der Waals surface area contributed by atoms with Gasteiger partial charge in [-0.1, -0.05) is 20.8 Å². The number of halogens is 1. The average molecular weight is 297 g/mol. The molecule has 5 heteroatoms. The maximum absolute atomic E-state index is 11.7. The summed E-state index contributed by atoms with van der Waals surface area (Å²) in [6.45, 7) is 5.76. The van der Waals surface area contributed by atoms with E-state index in [0.29, 0.717) is 18.0 Å². The third-order valence-electron chi connectivity index (χ3n) is 2.71. The van der Waals surface area contributed by atoms with Crippen LogP contribution in [-0.2, 0) is 9.59 Å². The van der Waals surface area contributed by atoms with Crippen molar-refractivity contribution in [1.82, 2.24) is 0 Å². The minimum atomic E-state index is -0.234. The molecule has 110 valence electrons. The van der Waals surface area contributed by atoms with Crippen LogP contribution in [0.15, 0.2) is 24.3 Å². The Morgan fingerprint density at radius 3 is 2.00 bits per heavy atom. The molecule has 2 amide bonds. The molecule has 0 saturated heterocycles. The fourth-order valence-corrected chi connectivity index (χ4v) is 1.70. The predicted molar refractivity (Wildman–Crippen MR) is 83.0 cm³/mol. The van der Waals surface area contributed by atoms with Gasteiger partial charge in [0.15, 0.2) is 0 Å². The summed E-state index contributed by atoms with van der Waals surface area (Å²) < 4.78 is 0. The lowest BCUT2D eigenvalue weighted by Crippen LogP contribution is -2.21. The summed E-state index contributed by atoms with van der Waals surface area (Å²) in [6, 6.07) is 7.03. The van der Waals surface area contributed by atoms with Crippen molar-refractivity contribution >= 4 is 34.8 Å². The number of carbonyl (C=O) groups is 2. The first-order valence-electron chi connectivity index (χ1n) is 6.69. The highest BCUT2D eigenvalue weighted by Gasteiger charge is 2.11. The van der Waals surface area contributed by atoms with Crippen LogP contribution in [0.5, 0.6) is 0 Å². The summed E-state index contributed by atoms with van der Waals surface area (Å²) in [5.41, 5.74) is 1.41. The second kappa shape index (κ2) is 7.90. The first-order valence-corrected chi connectivity index (χ1v) is 7.22. The van der Waals surface area contributed by atoms with Gasteiger partial charge < -0.3 is 10.6 Å². The van der Waals surface area contributed by atoms with Gasteiger partial charge >= 0.3 is 0 Å². The number of nitrogens with one attached hydrogen (secondary N) is 2. The molecule has 0 fully saturated rings. The second-order valence-corrected chi connectivity index (χ2v) is 5.58. The van der Waals surface area contributed by atoms with Gasteiger partial charge in [-0.05, 0) is 30.2 Å². The maximum atomic E-state index is 11.7. The van der Waals surface area contributed by atoms with Crippen LogP contribution in [-0.4, -0.2) is 17.7 Å². The molecule has 1 aromatic rings. The van der Waals surface area contributed by atoms with Crippen molar-refractivity contribution in [3.63, 3.8) is 0 Å². The zero-order valence-corrected chi connectivity index (χ0v) is 12.8. The van der Waals surface area contributed by atoms with Crippen molar-refractivity contribution in [2.75, 3.05) is 16.5 Å². The number of anilines is 2. The van der Waals surface area contributed by atoms with Crippen molar-refractivity contribution < 1.29 is 9.59 Å². The summed E-state index contributed by atoms with van der Waals surface area (Å²) >= 11 is 5.63. The molecule has 0 aliphatic heterocycles. The zero-order valence-electron chi connectivity index (χ0n) is 12.1. The van der Waals surface area contributed by atoms with Crippen molar-refractivity contribution in [2.45, 2.75) is 27.2 Å². The van der Waals surface area contributed by atoms with E-state index in [-0.39, 0.29) is 23.6 Å². The van der Waals surface area contributed by atoms with Gasteiger partial charge in [0.25, 0.3) is 0 Å². The summed E-state index contributed by atoms with van der Waals surface area (Å²) in [6.07, 6.45) is 0.492. The third kappa shape index (κ3) is 5.61. The van der Waals surface area contributed by atoms with E-state index in [9.17, 15) is 9.59 Å². The van der Waals surface area contributed by atoms with Crippen LogP contribution in [0, 0.1) is 11.8 Å². The number of benzene rings is 1. The Balaban J connectivity index is 2.56. The highest BCUT2D eigenvalue weighted by atomic mass is 35.5. The molecular weight excluding hydrogens is 276 g/mol. The van der Waals surface area contributed by atoms with Crippen LogP contribution in [0.4, 0.5) is 11.4 Å². The van der Waals surface area contributed by atoms with Gasteiger partial charge in [0, 0.05) is 29.6 Å². The summed E-state index contributed by atoms with van der Waals surface area (Å²) in [5, 5.41) is 5.58. The standard InChI is InChI=1S/C15H21ClN2O2/c1-10(2)8-14(19)17-12-4-6-13(7-5-12)18-15(20)11(3)9-16/h4-7,10-11H,8-9H2,1-3H3,(H,17,19)(H,18,20). The molecule has 4 nitrogen and oxygen atoms in total. The van der Waals surface area contributed by atoms with Gasteiger partial charge in [-0.3, -0.25) is 9.59 Å². The largest absolute Gasteiger partial charge is 0.326 e. The lowest BCUT2D eigenvalue weighted by molar-refractivity contribution is -0.119. The third-order valence-corrected chi connectivity index (χ3v) is 3.17. The minimum Gasteiger partial charge on any atom is -0.326 e. The van der Waals surface area contributed by atoms with Crippen molar-refractivity contribution in [3.8, 4) is 0 Å². The molecule has 1 rings (SSSR count). The van der Waals surface area contributed by atoms with Gasteiger partial charge in [0.2, 0.25) is 11.8 Å². The van der Waals surface area contributed by atoms with E-state index >= 15 is 0 Å². The smallest absolute Gasteiger partial charge is 0.228 e. The van der Waals surface area contributed by atoms with Crippen LogP contribution in [0.1, 0.15) is 27.2 Å². The molecule has 0 bridgehead atoms. The molecular formula is C15H21ClN2O2. The van der Waals surface area contributed by atoms with E-state index in [0.717, 1.165) is 5.69 Å². The van der Waals surface area contributed by atoms with E-state index in [2.05, 4.69) is 10.6 Å². The van der Waals surface area contributed by atoms with Crippen molar-refractivity contribution in [2.24, 2.45) is 11.8 Å². The molecule has 0 aliphatic carbocycles. The summed E-state index contributed by atoms with van der Waals surface area (Å²) in [7, 11) is 0. The Morgan fingerprint density at radius 1 is 1.05 bits per heavy atom. The van der Waals surface area contributed by atoms with E-state index in [1.54, 1.807) is 31.2 Å². The Kier molecular flexibility index (Phi) is 6.52. The quantitative estimate of drug-likeness (QED) is 0.790. The molecule has 1 aromatic carbocycles. The molecule has 1 unspecified atom stereocenters. The maximum Gasteiger partial charge on any atom is 0.228 e. The second-order valence-electron chi connectivity index (χ2n) is 5.27. The first-order chi connectivity index (χ1) is 9.42. The summed E-state index contributed by atoms with van der Waals surface area (Å²) in [5.74, 6) is 0.256. The zero-order chi connectivity index (χ0) is 15.1. The monoisotopic (exact) mass is 296 g/mol. The first kappa shape index (κ1) is 16.5. The number of carbonyl (C=O) groups excluding carboxylic acids is 2. The molecule has 2 N–H and O–H groups in total. The summed E-state index contributed by atoms with van der Waals surface area (Å²) in [4.78, 5) is 23.3. The average Bonchev–Trinajstić information content (AvgIpc) is 2.39. The minimum absolute atomic E-state index is 0.00690. The normalized spacial score (nSPS) is 12.1. The van der Waals surface area contributed by atoms with Crippen molar-refractivity contribution in [3.05, 3.63) is 24.3 Å². The van der Waals surface area contributed by atoms with Gasteiger partial charge in [0.05, 0.1) is 0 Å². The molecule has 0 radical (unpaired) electrons.